The molecule has 0 unspecified atom stereocenters. The van der Waals surface area contributed by atoms with Gasteiger partial charge in [-0.1, -0.05) is 18.7 Å². The van der Waals surface area contributed by atoms with E-state index in [4.69, 9.17) is 14.8 Å². The number of hydrogen-bond donors (Lipinski definition) is 0. The zero-order valence-corrected chi connectivity index (χ0v) is 29.7. The molecule has 1 amide bonds. The van der Waals surface area contributed by atoms with Crippen LogP contribution in [0.3, 0.4) is 0 Å². The van der Waals surface area contributed by atoms with Crippen molar-refractivity contribution in [3.05, 3.63) is 83.3 Å². The Labute approximate surface area is 296 Å². The van der Waals surface area contributed by atoms with Gasteiger partial charge in [0.1, 0.15) is 40.7 Å². The Morgan fingerprint density at radius 3 is 2.57 bits per heavy atom. The highest BCUT2D eigenvalue weighted by molar-refractivity contribution is 7.17. The van der Waals surface area contributed by atoms with Crippen LogP contribution < -0.4 is 4.74 Å². The van der Waals surface area contributed by atoms with Crippen LogP contribution in [0.1, 0.15) is 43.7 Å². The second kappa shape index (κ2) is 12.3. The van der Waals surface area contributed by atoms with Crippen LogP contribution in [0.4, 0.5) is 13.2 Å². The Hall–Kier alpha value is -5.01. The van der Waals surface area contributed by atoms with E-state index in [9.17, 15) is 9.18 Å². The summed E-state index contributed by atoms with van der Waals surface area (Å²) in [6, 6.07) is 8.97. The van der Waals surface area contributed by atoms with Gasteiger partial charge >= 0.3 is 0 Å². The van der Waals surface area contributed by atoms with Crippen LogP contribution in [0.15, 0.2) is 54.4 Å². The van der Waals surface area contributed by atoms with Crippen LogP contribution in [-0.2, 0) is 11.8 Å². The number of fused-ring (bicyclic) bond motifs is 3. The first-order valence-electron chi connectivity index (χ1n) is 16.8. The molecule has 0 aliphatic carbocycles. The number of likely N-dealkylation sites (tertiary alicyclic amines) is 1. The van der Waals surface area contributed by atoms with Crippen molar-refractivity contribution >= 4 is 38.2 Å². The summed E-state index contributed by atoms with van der Waals surface area (Å²) in [4.78, 5) is 21.8. The van der Waals surface area contributed by atoms with E-state index >= 15 is 8.78 Å². The fourth-order valence-corrected chi connectivity index (χ4v) is 8.44. The minimum atomic E-state index is -0.905. The number of hydrogen-bond acceptors (Lipinski definition) is 7. The Kier molecular flexibility index (Phi) is 8.02. The summed E-state index contributed by atoms with van der Waals surface area (Å²) in [5, 5.41) is 12.1. The first-order valence-corrected chi connectivity index (χ1v) is 17.7. The van der Waals surface area contributed by atoms with Crippen LogP contribution >= 0.6 is 11.3 Å². The first kappa shape index (κ1) is 33.2. The highest BCUT2D eigenvalue weighted by atomic mass is 32.1. The molecule has 6 heterocycles. The normalized spacial score (nSPS) is 19.3. The quantitative estimate of drug-likeness (QED) is 0.164. The third kappa shape index (κ3) is 5.41. The Morgan fingerprint density at radius 1 is 1.02 bits per heavy atom. The summed E-state index contributed by atoms with van der Waals surface area (Å²) in [7, 11) is 3.83. The van der Waals surface area contributed by atoms with Gasteiger partial charge in [0.2, 0.25) is 5.91 Å². The highest BCUT2D eigenvalue weighted by Crippen LogP contribution is 2.49. The number of carbonyl (C=O) groups excluding carboxylic acids is 1. The van der Waals surface area contributed by atoms with Crippen LogP contribution in [0.5, 0.6) is 5.75 Å². The van der Waals surface area contributed by atoms with Gasteiger partial charge in [0, 0.05) is 71.8 Å². The minimum Gasteiger partial charge on any atom is -0.488 e. The Bertz CT molecular complexity index is 2400. The van der Waals surface area contributed by atoms with Crippen molar-refractivity contribution in [1.82, 2.24) is 34.3 Å². The fraction of sp³-hybridized carbons (Fsp3) is 0.316. The molecule has 2 aliphatic heterocycles. The average molecular weight is 712 g/mol. The Morgan fingerprint density at radius 2 is 1.82 bits per heavy atom. The maximum absolute atomic E-state index is 16.4. The zero-order valence-electron chi connectivity index (χ0n) is 28.9. The molecule has 1 saturated heterocycles. The molecule has 6 aromatic rings. The van der Waals surface area contributed by atoms with E-state index in [1.165, 1.54) is 11.5 Å². The SMILES string of the molecule is C=CC(=O)N1C[C@H](C)n2nc(-c3nc(-c4ccc5c(C)n(C)nc5c4)c4scc(F)c4c3-c3c(F)cc(F)cc3O[C@H]3CCN(C)C3)cc2[C@H]1C. The van der Waals surface area contributed by atoms with Gasteiger partial charge in [-0.3, -0.25) is 14.2 Å². The zero-order chi connectivity index (χ0) is 35.9. The molecule has 8 rings (SSSR count). The summed E-state index contributed by atoms with van der Waals surface area (Å²) < 4.78 is 58.2. The van der Waals surface area contributed by atoms with Gasteiger partial charge in [0.05, 0.1) is 39.3 Å². The Balaban J connectivity index is 1.42. The smallest absolute Gasteiger partial charge is 0.246 e. The standard InChI is InChI=1S/C38H36F3N7O2S/c1-7-32(49)47-16-19(2)48-30(21(47)4)15-29(44-48)37-35(33-26(40)13-23(39)14-31(33)50-24-10-11-45(5)17-24)34-27(41)18-51-38(34)36(42-37)22-8-9-25-20(3)46(6)43-28(25)12-22/h7-9,12-15,18-19,21,24H,1,10-11,16-17H2,2-6H3/t19-,21+,24-/m0/s1. The van der Waals surface area contributed by atoms with Gasteiger partial charge in [0.15, 0.2) is 0 Å². The lowest BCUT2D eigenvalue weighted by atomic mass is 9.94. The van der Waals surface area contributed by atoms with Crippen molar-refractivity contribution in [2.24, 2.45) is 7.05 Å². The number of likely N-dealkylation sites (N-methyl/N-ethyl adjacent to an activating group) is 1. The minimum absolute atomic E-state index is 0.0330. The van der Waals surface area contributed by atoms with Crippen LogP contribution in [0.25, 0.3) is 54.8 Å². The van der Waals surface area contributed by atoms with E-state index in [1.807, 2.05) is 63.8 Å². The summed E-state index contributed by atoms with van der Waals surface area (Å²) in [6.45, 7) is 11.2. The number of halogens is 3. The van der Waals surface area contributed by atoms with Gasteiger partial charge in [-0.15, -0.1) is 11.3 Å². The third-order valence-electron chi connectivity index (χ3n) is 10.2. The van der Waals surface area contributed by atoms with Gasteiger partial charge in [-0.05, 0) is 52.4 Å². The molecular weight excluding hydrogens is 676 g/mol. The number of rotatable bonds is 6. The number of aryl methyl sites for hydroxylation is 2. The second-order valence-electron chi connectivity index (χ2n) is 13.6. The van der Waals surface area contributed by atoms with Crippen LogP contribution in [-0.4, -0.2) is 73.0 Å². The molecule has 9 nitrogen and oxygen atoms in total. The molecule has 0 radical (unpaired) electrons. The molecule has 0 saturated carbocycles. The molecular formula is C38H36F3N7O2S. The van der Waals surface area contributed by atoms with E-state index in [1.54, 1.807) is 9.58 Å². The maximum Gasteiger partial charge on any atom is 0.246 e. The average Bonchev–Trinajstić information content (AvgIpc) is 3.88. The van der Waals surface area contributed by atoms with E-state index < -0.39 is 17.5 Å². The molecule has 262 valence electrons. The van der Waals surface area contributed by atoms with Gasteiger partial charge < -0.3 is 14.5 Å². The fourth-order valence-electron chi connectivity index (χ4n) is 7.51. The molecule has 0 N–H and O–H groups in total. The maximum atomic E-state index is 16.4. The molecule has 3 atom stereocenters. The number of carbonyl (C=O) groups is 1. The topological polar surface area (TPSA) is 81.3 Å². The van der Waals surface area contributed by atoms with Gasteiger partial charge in [0.25, 0.3) is 0 Å². The molecule has 0 spiro atoms. The largest absolute Gasteiger partial charge is 0.488 e. The van der Waals surface area contributed by atoms with Crippen molar-refractivity contribution in [3.8, 4) is 39.5 Å². The number of thiophene rings is 1. The van der Waals surface area contributed by atoms with E-state index in [2.05, 4.69) is 16.6 Å². The number of ether oxygens (including phenoxy) is 1. The van der Waals surface area contributed by atoms with Crippen molar-refractivity contribution in [3.63, 3.8) is 0 Å². The van der Waals surface area contributed by atoms with Crippen molar-refractivity contribution < 1.29 is 22.7 Å². The first-order chi connectivity index (χ1) is 24.4. The van der Waals surface area contributed by atoms with Crippen LogP contribution in [0.2, 0.25) is 0 Å². The van der Waals surface area contributed by atoms with Crippen LogP contribution in [0, 0.1) is 24.4 Å². The van der Waals surface area contributed by atoms with Crippen molar-refractivity contribution in [1.29, 1.82) is 0 Å². The third-order valence-corrected chi connectivity index (χ3v) is 11.2. The monoisotopic (exact) mass is 711 g/mol. The summed E-state index contributed by atoms with van der Waals surface area (Å²) in [5.74, 6) is -2.53. The molecule has 1 fully saturated rings. The number of amides is 1. The number of aromatic nitrogens is 5. The molecule has 2 aliphatic rings. The van der Waals surface area contributed by atoms with Gasteiger partial charge in [-0.2, -0.15) is 10.2 Å². The molecule has 4 aromatic heterocycles. The predicted octanol–water partition coefficient (Wildman–Crippen LogP) is 7.84. The van der Waals surface area contributed by atoms with E-state index in [0.717, 1.165) is 52.3 Å². The summed E-state index contributed by atoms with van der Waals surface area (Å²) in [6.07, 6.45) is 1.63. The lowest BCUT2D eigenvalue weighted by Gasteiger charge is -2.36. The van der Waals surface area contributed by atoms with Crippen molar-refractivity contribution in [2.45, 2.75) is 45.4 Å². The number of benzene rings is 2. The lowest BCUT2D eigenvalue weighted by Crippen LogP contribution is -2.42. The van der Waals surface area contributed by atoms with E-state index in [-0.39, 0.29) is 52.1 Å². The number of pyridine rings is 1. The van der Waals surface area contributed by atoms with E-state index in [0.29, 0.717) is 41.2 Å². The molecule has 2 aromatic carbocycles. The lowest BCUT2D eigenvalue weighted by molar-refractivity contribution is -0.129. The summed E-state index contributed by atoms with van der Waals surface area (Å²) >= 11 is 1.16. The molecule has 51 heavy (non-hydrogen) atoms. The van der Waals surface area contributed by atoms with Gasteiger partial charge in [-0.25, -0.2) is 18.2 Å². The highest BCUT2D eigenvalue weighted by Gasteiger charge is 2.35. The van der Waals surface area contributed by atoms with Crippen molar-refractivity contribution in [2.75, 3.05) is 26.7 Å². The molecule has 13 heteroatoms. The molecule has 0 bridgehead atoms. The second-order valence-corrected chi connectivity index (χ2v) is 14.5. The predicted molar refractivity (Wildman–Crippen MR) is 192 cm³/mol. The summed E-state index contributed by atoms with van der Waals surface area (Å²) in [5.41, 5.74) is 4.23. The number of nitrogens with zero attached hydrogens (tertiary/aromatic N) is 7.